The number of hydrogen-bond acceptors (Lipinski definition) is 4. The minimum absolute atomic E-state index is 0.0737. The van der Waals surface area contributed by atoms with Crippen LogP contribution in [0.3, 0.4) is 0 Å². The van der Waals surface area contributed by atoms with Gasteiger partial charge in [0.1, 0.15) is 23.5 Å². The van der Waals surface area contributed by atoms with Gasteiger partial charge in [0.25, 0.3) is 5.91 Å². The third kappa shape index (κ3) is 4.61. The van der Waals surface area contributed by atoms with Crippen LogP contribution < -0.4 is 10.6 Å². The molecule has 9 heteroatoms. The fourth-order valence-corrected chi connectivity index (χ4v) is 3.82. The number of imidazole rings is 1. The summed E-state index contributed by atoms with van der Waals surface area (Å²) in [4.78, 5) is 32.1. The number of halogens is 2. The van der Waals surface area contributed by atoms with E-state index in [9.17, 15) is 18.4 Å². The zero-order valence-electron chi connectivity index (χ0n) is 18.6. The molecule has 0 spiro atoms. The number of carbonyl (C=O) groups excluding carboxylic acids is 2. The molecule has 168 valence electrons. The van der Waals surface area contributed by atoms with Gasteiger partial charge in [-0.1, -0.05) is 26.8 Å². The molecule has 0 fully saturated rings. The highest BCUT2D eigenvalue weighted by Gasteiger charge is 2.35. The summed E-state index contributed by atoms with van der Waals surface area (Å²) in [5.74, 6) is -2.28. The van der Waals surface area contributed by atoms with E-state index >= 15 is 0 Å². The van der Waals surface area contributed by atoms with Gasteiger partial charge in [-0.15, -0.1) is 0 Å². The van der Waals surface area contributed by atoms with E-state index in [0.717, 1.165) is 13.0 Å². The Balaban J connectivity index is 2.11. The lowest BCUT2D eigenvalue weighted by Crippen LogP contribution is -2.53. The molecule has 0 unspecified atom stereocenters. The van der Waals surface area contributed by atoms with E-state index in [1.165, 1.54) is 25.2 Å². The lowest BCUT2D eigenvalue weighted by molar-refractivity contribution is -0.124. The van der Waals surface area contributed by atoms with Crippen LogP contribution in [0.25, 0.3) is 11.4 Å². The van der Waals surface area contributed by atoms with E-state index in [-0.39, 0.29) is 23.0 Å². The molecule has 1 aliphatic rings. The molecule has 2 heterocycles. The van der Waals surface area contributed by atoms with Gasteiger partial charge in [0.2, 0.25) is 5.91 Å². The Kier molecular flexibility index (Phi) is 6.45. The fraction of sp³-hybridized carbons (Fsp3) is 0.500. The number of nitrogens with one attached hydrogen (secondary N) is 2. The lowest BCUT2D eigenvalue weighted by Gasteiger charge is -2.29. The average Bonchev–Trinajstić information content (AvgIpc) is 2.90. The van der Waals surface area contributed by atoms with Crippen molar-refractivity contribution >= 4 is 11.8 Å². The molecule has 0 bridgehead atoms. The first-order valence-corrected chi connectivity index (χ1v) is 10.3. The highest BCUT2D eigenvalue weighted by molar-refractivity contribution is 5.97. The third-order valence-corrected chi connectivity index (χ3v) is 5.47. The van der Waals surface area contributed by atoms with Gasteiger partial charge in [-0.3, -0.25) is 9.59 Å². The quantitative estimate of drug-likeness (QED) is 0.777. The maximum Gasteiger partial charge on any atom is 0.272 e. The highest BCUT2D eigenvalue weighted by Crippen LogP contribution is 2.30. The van der Waals surface area contributed by atoms with E-state index in [1.54, 1.807) is 4.57 Å². The van der Waals surface area contributed by atoms with Crippen molar-refractivity contribution in [1.29, 1.82) is 0 Å². The molecule has 31 heavy (non-hydrogen) atoms. The zero-order valence-corrected chi connectivity index (χ0v) is 18.6. The average molecular weight is 434 g/mol. The lowest BCUT2D eigenvalue weighted by atomic mass is 9.86. The Hall–Kier alpha value is -2.81. The summed E-state index contributed by atoms with van der Waals surface area (Å²) in [5.41, 5.74) is -0.167. The van der Waals surface area contributed by atoms with Crippen molar-refractivity contribution in [1.82, 2.24) is 25.1 Å². The van der Waals surface area contributed by atoms with E-state index < -0.39 is 29.0 Å². The van der Waals surface area contributed by atoms with Crippen molar-refractivity contribution in [2.24, 2.45) is 5.41 Å². The maximum atomic E-state index is 14.6. The number of hydrogen-bond donors (Lipinski definition) is 2. The molecule has 2 N–H and O–H groups in total. The minimum atomic E-state index is -0.806. The topological polar surface area (TPSA) is 79.3 Å². The molecule has 7 nitrogen and oxygen atoms in total. The molecule has 0 saturated carbocycles. The molecule has 2 aromatic rings. The summed E-state index contributed by atoms with van der Waals surface area (Å²) >= 11 is 0. The van der Waals surface area contributed by atoms with Crippen LogP contribution in [-0.4, -0.2) is 52.9 Å². The number of likely N-dealkylation sites (N-methyl/N-ethyl adjacent to an activating group) is 1. The number of rotatable bonds is 4. The second-order valence-electron chi connectivity index (χ2n) is 8.96. The number of amides is 2. The minimum Gasteiger partial charge on any atom is -0.357 e. The molecular formula is C22H29F2N5O2. The van der Waals surface area contributed by atoms with Crippen molar-refractivity contribution in [3.05, 3.63) is 41.2 Å². The van der Waals surface area contributed by atoms with Crippen LogP contribution in [0.1, 0.15) is 43.4 Å². The van der Waals surface area contributed by atoms with Gasteiger partial charge in [-0.05, 0) is 37.6 Å². The number of aromatic nitrogens is 2. The van der Waals surface area contributed by atoms with Crippen molar-refractivity contribution in [3.63, 3.8) is 0 Å². The van der Waals surface area contributed by atoms with Crippen molar-refractivity contribution < 1.29 is 18.4 Å². The van der Waals surface area contributed by atoms with E-state index in [1.807, 2.05) is 32.7 Å². The van der Waals surface area contributed by atoms with Crippen molar-refractivity contribution in [3.8, 4) is 11.4 Å². The smallest absolute Gasteiger partial charge is 0.272 e. The van der Waals surface area contributed by atoms with Crippen LogP contribution in [0, 0.1) is 17.0 Å². The number of carbonyl (C=O) groups is 2. The Morgan fingerprint density at radius 1 is 1.16 bits per heavy atom. The maximum absolute atomic E-state index is 14.6. The van der Waals surface area contributed by atoms with Crippen LogP contribution in [-0.2, 0) is 17.9 Å². The summed E-state index contributed by atoms with van der Waals surface area (Å²) in [6, 6.07) is 2.83. The molecule has 0 saturated heterocycles. The van der Waals surface area contributed by atoms with Crippen molar-refractivity contribution in [2.45, 2.75) is 46.3 Å². The Morgan fingerprint density at radius 2 is 1.81 bits per heavy atom. The number of fused-ring (bicyclic) bond motifs is 1. The fourth-order valence-electron chi connectivity index (χ4n) is 3.82. The molecule has 0 radical (unpaired) electrons. The molecular weight excluding hydrogens is 404 g/mol. The summed E-state index contributed by atoms with van der Waals surface area (Å²) in [6.07, 6.45) is 0.743. The first-order chi connectivity index (χ1) is 14.5. The molecule has 3 rings (SSSR count). The molecule has 2 amide bonds. The van der Waals surface area contributed by atoms with Crippen molar-refractivity contribution in [2.75, 3.05) is 20.6 Å². The zero-order chi connectivity index (χ0) is 22.9. The van der Waals surface area contributed by atoms with Gasteiger partial charge in [0.05, 0.1) is 11.3 Å². The van der Waals surface area contributed by atoms with Gasteiger partial charge < -0.3 is 20.1 Å². The van der Waals surface area contributed by atoms with Gasteiger partial charge in [-0.25, -0.2) is 13.8 Å². The number of benzene rings is 1. The molecule has 1 aromatic carbocycles. The second kappa shape index (κ2) is 8.74. The Labute approximate surface area is 180 Å². The van der Waals surface area contributed by atoms with Gasteiger partial charge in [-0.2, -0.15) is 0 Å². The SMILES string of the molecule is CNC(=O)[C@@H](NC(=O)c1nc(-c2c(F)cccc2F)n2c1CN(C)CCC2)C(C)(C)C. The molecule has 0 aliphatic carbocycles. The summed E-state index contributed by atoms with van der Waals surface area (Å²) in [7, 11) is 3.42. The van der Waals surface area contributed by atoms with Crippen LogP contribution in [0.5, 0.6) is 0 Å². The normalized spacial score (nSPS) is 15.7. The van der Waals surface area contributed by atoms with Gasteiger partial charge in [0, 0.05) is 20.1 Å². The van der Waals surface area contributed by atoms with Crippen LogP contribution in [0.2, 0.25) is 0 Å². The molecule has 1 aliphatic heterocycles. The summed E-state index contributed by atoms with van der Waals surface area (Å²) in [5, 5.41) is 5.34. The predicted octanol–water partition coefficient (Wildman–Crippen LogP) is 2.55. The van der Waals surface area contributed by atoms with Crippen LogP contribution in [0.15, 0.2) is 18.2 Å². The second-order valence-corrected chi connectivity index (χ2v) is 8.96. The standard InChI is InChI=1S/C22H29F2N5O2/c1-22(2,3)18(21(31)25-4)27-20(30)17-15-12-28(5)10-7-11-29(15)19(26-17)16-13(23)8-6-9-14(16)24/h6,8-9,18H,7,10-12H2,1-5H3,(H,25,31)(H,27,30)/t18-/m1/s1. The summed E-state index contributed by atoms with van der Waals surface area (Å²) < 4.78 is 30.8. The first kappa shape index (κ1) is 22.9. The van der Waals surface area contributed by atoms with E-state index in [0.29, 0.717) is 18.8 Å². The predicted molar refractivity (Wildman–Crippen MR) is 113 cm³/mol. The van der Waals surface area contributed by atoms with Gasteiger partial charge in [0.15, 0.2) is 5.69 Å². The number of nitrogens with zero attached hydrogens (tertiary/aromatic N) is 3. The third-order valence-electron chi connectivity index (χ3n) is 5.47. The highest BCUT2D eigenvalue weighted by atomic mass is 19.1. The Bertz CT molecular complexity index is 976. The molecule has 1 atom stereocenters. The summed E-state index contributed by atoms with van der Waals surface area (Å²) in [6.45, 7) is 7.16. The molecule has 1 aromatic heterocycles. The largest absolute Gasteiger partial charge is 0.357 e. The monoisotopic (exact) mass is 433 g/mol. The van der Waals surface area contributed by atoms with Crippen LogP contribution in [0.4, 0.5) is 8.78 Å². The van der Waals surface area contributed by atoms with Crippen LogP contribution >= 0.6 is 0 Å². The Morgan fingerprint density at radius 3 is 2.39 bits per heavy atom. The van der Waals surface area contributed by atoms with Gasteiger partial charge >= 0.3 is 0 Å². The van der Waals surface area contributed by atoms with E-state index in [2.05, 4.69) is 15.6 Å². The first-order valence-electron chi connectivity index (χ1n) is 10.3. The van der Waals surface area contributed by atoms with E-state index in [4.69, 9.17) is 0 Å².